The van der Waals surface area contributed by atoms with E-state index >= 15 is 0 Å². The molecule has 5 heteroatoms. The van der Waals surface area contributed by atoms with E-state index in [1.807, 2.05) is 30.3 Å². The second-order valence-corrected chi connectivity index (χ2v) is 5.07. The summed E-state index contributed by atoms with van der Waals surface area (Å²) in [4.78, 5) is 12.4. The minimum absolute atomic E-state index is 0.0900. The average molecular weight is 279 g/mol. The maximum atomic E-state index is 12.4. The number of benzene rings is 1. The van der Waals surface area contributed by atoms with Gasteiger partial charge in [-0.2, -0.15) is 0 Å². The Bertz CT molecular complexity index is 429. The molecule has 1 aliphatic heterocycles. The SMILES string of the molecule is COC(C(=O)NC1(CO)CCOCC1)c1ccccc1. The molecule has 1 unspecified atom stereocenters. The standard InChI is InChI=1S/C15H21NO4/c1-19-13(12-5-3-2-4-6-12)14(18)16-15(11-17)7-9-20-10-8-15/h2-6,13,17H,7-11H2,1H3,(H,16,18). The molecule has 1 fully saturated rings. The van der Waals surface area contributed by atoms with Crippen LogP contribution < -0.4 is 5.32 Å². The van der Waals surface area contributed by atoms with Crippen molar-refractivity contribution in [2.24, 2.45) is 0 Å². The lowest BCUT2D eigenvalue weighted by Gasteiger charge is -2.37. The number of hydrogen-bond donors (Lipinski definition) is 2. The first-order valence-electron chi connectivity index (χ1n) is 6.79. The van der Waals surface area contributed by atoms with Crippen molar-refractivity contribution in [3.8, 4) is 0 Å². The molecule has 5 nitrogen and oxygen atoms in total. The summed E-state index contributed by atoms with van der Waals surface area (Å²) in [6, 6.07) is 9.32. The van der Waals surface area contributed by atoms with Gasteiger partial charge in [-0.15, -0.1) is 0 Å². The predicted molar refractivity (Wildman–Crippen MR) is 74.2 cm³/mol. The fraction of sp³-hybridized carbons (Fsp3) is 0.533. The monoisotopic (exact) mass is 279 g/mol. The van der Waals surface area contributed by atoms with Crippen LogP contribution in [-0.2, 0) is 14.3 Å². The fourth-order valence-electron chi connectivity index (χ4n) is 2.43. The Balaban J connectivity index is 2.09. The summed E-state index contributed by atoms with van der Waals surface area (Å²) in [6.07, 6.45) is 0.559. The first-order valence-corrected chi connectivity index (χ1v) is 6.79. The van der Waals surface area contributed by atoms with Crippen molar-refractivity contribution in [3.63, 3.8) is 0 Å². The lowest BCUT2D eigenvalue weighted by atomic mass is 9.90. The van der Waals surface area contributed by atoms with Gasteiger partial charge in [-0.05, 0) is 18.4 Å². The summed E-state index contributed by atoms with van der Waals surface area (Å²) in [7, 11) is 1.51. The van der Waals surface area contributed by atoms with Gasteiger partial charge in [0.2, 0.25) is 0 Å². The molecule has 1 atom stereocenters. The number of methoxy groups -OCH3 is 1. The highest BCUT2D eigenvalue weighted by Gasteiger charge is 2.35. The Morgan fingerprint density at radius 3 is 2.60 bits per heavy atom. The molecule has 1 aliphatic rings. The first-order chi connectivity index (χ1) is 9.71. The number of aliphatic hydroxyl groups is 1. The number of hydrogen-bond acceptors (Lipinski definition) is 4. The third-order valence-corrected chi connectivity index (χ3v) is 3.72. The molecule has 20 heavy (non-hydrogen) atoms. The maximum Gasteiger partial charge on any atom is 0.254 e. The highest BCUT2D eigenvalue weighted by atomic mass is 16.5. The normalized spacial score (nSPS) is 19.3. The van der Waals surface area contributed by atoms with Crippen LogP contribution in [0.4, 0.5) is 0 Å². The van der Waals surface area contributed by atoms with Crippen LogP contribution in [-0.4, -0.2) is 43.5 Å². The van der Waals surface area contributed by atoms with Crippen LogP contribution >= 0.6 is 0 Å². The third kappa shape index (κ3) is 3.36. The van der Waals surface area contributed by atoms with Gasteiger partial charge in [0.25, 0.3) is 5.91 Å². The van der Waals surface area contributed by atoms with Crippen molar-refractivity contribution in [2.45, 2.75) is 24.5 Å². The van der Waals surface area contributed by atoms with E-state index in [1.54, 1.807) is 0 Å². The number of rotatable bonds is 5. The largest absolute Gasteiger partial charge is 0.394 e. The lowest BCUT2D eigenvalue weighted by molar-refractivity contribution is -0.135. The van der Waals surface area contributed by atoms with Crippen LogP contribution in [0, 0.1) is 0 Å². The minimum Gasteiger partial charge on any atom is -0.394 e. The summed E-state index contributed by atoms with van der Waals surface area (Å²) in [5.41, 5.74) is 0.202. The number of aliphatic hydroxyl groups excluding tert-OH is 1. The van der Waals surface area contributed by atoms with Gasteiger partial charge in [0.1, 0.15) is 0 Å². The molecule has 2 rings (SSSR count). The number of carbonyl (C=O) groups is 1. The molecular weight excluding hydrogens is 258 g/mol. The van der Waals surface area contributed by atoms with Crippen LogP contribution in [0.25, 0.3) is 0 Å². The Morgan fingerprint density at radius 1 is 1.40 bits per heavy atom. The van der Waals surface area contributed by atoms with Crippen molar-refractivity contribution in [1.82, 2.24) is 5.32 Å². The van der Waals surface area contributed by atoms with Gasteiger partial charge in [-0.3, -0.25) is 4.79 Å². The molecule has 1 saturated heterocycles. The summed E-state index contributed by atoms with van der Waals surface area (Å²) < 4.78 is 10.6. The number of nitrogens with one attached hydrogen (secondary N) is 1. The molecule has 1 aromatic carbocycles. The van der Waals surface area contributed by atoms with Crippen LogP contribution in [0.5, 0.6) is 0 Å². The number of amides is 1. The van der Waals surface area contributed by atoms with E-state index in [4.69, 9.17) is 9.47 Å². The van der Waals surface area contributed by atoms with Crippen molar-refractivity contribution in [1.29, 1.82) is 0 Å². The highest BCUT2D eigenvalue weighted by Crippen LogP contribution is 2.23. The molecule has 0 spiro atoms. The van der Waals surface area contributed by atoms with Gasteiger partial charge < -0.3 is 19.9 Å². The van der Waals surface area contributed by atoms with Gasteiger partial charge >= 0.3 is 0 Å². The topological polar surface area (TPSA) is 67.8 Å². The molecule has 2 N–H and O–H groups in total. The van der Waals surface area contributed by atoms with Gasteiger partial charge in [0, 0.05) is 20.3 Å². The van der Waals surface area contributed by atoms with E-state index in [2.05, 4.69) is 5.32 Å². The van der Waals surface area contributed by atoms with E-state index < -0.39 is 11.6 Å². The third-order valence-electron chi connectivity index (χ3n) is 3.72. The first kappa shape index (κ1) is 15.0. The van der Waals surface area contributed by atoms with E-state index in [0.717, 1.165) is 5.56 Å². The molecule has 1 aromatic rings. The van der Waals surface area contributed by atoms with Gasteiger partial charge in [-0.25, -0.2) is 0 Å². The molecular formula is C15H21NO4. The molecule has 110 valence electrons. The van der Waals surface area contributed by atoms with Crippen LogP contribution in [0.15, 0.2) is 30.3 Å². The Morgan fingerprint density at radius 2 is 2.05 bits per heavy atom. The number of ether oxygens (including phenoxy) is 2. The van der Waals surface area contributed by atoms with Crippen molar-refractivity contribution >= 4 is 5.91 Å². The van der Waals surface area contributed by atoms with E-state index in [0.29, 0.717) is 26.1 Å². The summed E-state index contributed by atoms with van der Waals surface area (Å²) in [5, 5.41) is 12.5. The summed E-state index contributed by atoms with van der Waals surface area (Å²) in [6.45, 7) is 1.00. The van der Waals surface area contributed by atoms with Crippen molar-refractivity contribution < 1.29 is 19.4 Å². The second-order valence-electron chi connectivity index (χ2n) is 5.07. The van der Waals surface area contributed by atoms with Crippen molar-refractivity contribution in [3.05, 3.63) is 35.9 Å². The van der Waals surface area contributed by atoms with Crippen LogP contribution in [0.1, 0.15) is 24.5 Å². The van der Waals surface area contributed by atoms with E-state index in [9.17, 15) is 9.90 Å². The zero-order valence-corrected chi connectivity index (χ0v) is 11.7. The zero-order valence-electron chi connectivity index (χ0n) is 11.7. The fourth-order valence-corrected chi connectivity index (χ4v) is 2.43. The van der Waals surface area contributed by atoms with Crippen LogP contribution in [0.2, 0.25) is 0 Å². The van der Waals surface area contributed by atoms with Crippen LogP contribution in [0.3, 0.4) is 0 Å². The van der Waals surface area contributed by atoms with Gasteiger partial charge in [-0.1, -0.05) is 30.3 Å². The molecule has 0 aromatic heterocycles. The molecule has 1 heterocycles. The highest BCUT2D eigenvalue weighted by molar-refractivity contribution is 5.83. The maximum absolute atomic E-state index is 12.4. The molecule has 1 amide bonds. The van der Waals surface area contributed by atoms with E-state index in [1.165, 1.54) is 7.11 Å². The second kappa shape index (κ2) is 6.83. The van der Waals surface area contributed by atoms with E-state index in [-0.39, 0.29) is 12.5 Å². The smallest absolute Gasteiger partial charge is 0.254 e. The quantitative estimate of drug-likeness (QED) is 0.845. The lowest BCUT2D eigenvalue weighted by Crippen LogP contribution is -2.55. The molecule has 0 bridgehead atoms. The zero-order chi connectivity index (χ0) is 14.4. The molecule has 0 radical (unpaired) electrons. The minimum atomic E-state index is -0.664. The summed E-state index contributed by atoms with van der Waals surface area (Å²) >= 11 is 0. The number of carbonyl (C=O) groups excluding carboxylic acids is 1. The Hall–Kier alpha value is -1.43. The molecule has 0 saturated carbocycles. The van der Waals surface area contributed by atoms with Gasteiger partial charge in [0.05, 0.1) is 12.1 Å². The predicted octanol–water partition coefficient (Wildman–Crippen LogP) is 1.03. The average Bonchev–Trinajstić information content (AvgIpc) is 2.50. The van der Waals surface area contributed by atoms with Crippen molar-refractivity contribution in [2.75, 3.05) is 26.9 Å². The van der Waals surface area contributed by atoms with Gasteiger partial charge in [0.15, 0.2) is 6.10 Å². The molecule has 0 aliphatic carbocycles. The Labute approximate surface area is 118 Å². The Kier molecular flexibility index (Phi) is 5.11. The summed E-state index contributed by atoms with van der Waals surface area (Å²) in [5.74, 6) is -0.227.